The summed E-state index contributed by atoms with van der Waals surface area (Å²) in [6.45, 7) is 4.11. The lowest BCUT2D eigenvalue weighted by Crippen LogP contribution is -2.11. The van der Waals surface area contributed by atoms with Gasteiger partial charge in [-0.1, -0.05) is 56.3 Å². The number of carbonyl (C=O) groups excluding carboxylic acids is 1. The van der Waals surface area contributed by atoms with Gasteiger partial charge < -0.3 is 4.74 Å². The highest BCUT2D eigenvalue weighted by molar-refractivity contribution is 6.30. The Labute approximate surface area is 206 Å². The highest BCUT2D eigenvalue weighted by Crippen LogP contribution is 2.34. The molecule has 0 amide bonds. The van der Waals surface area contributed by atoms with Crippen LogP contribution >= 0.6 is 11.6 Å². The Morgan fingerprint density at radius 2 is 1.82 bits per heavy atom. The predicted molar refractivity (Wildman–Crippen MR) is 135 cm³/mol. The van der Waals surface area contributed by atoms with Crippen molar-refractivity contribution < 1.29 is 9.53 Å². The normalized spacial score (nSPS) is 14.7. The van der Waals surface area contributed by atoms with Crippen molar-refractivity contribution in [3.8, 4) is 11.4 Å². The lowest BCUT2D eigenvalue weighted by molar-refractivity contribution is -0.119. The number of aliphatic imine (C=N–C) groups is 1. The van der Waals surface area contributed by atoms with Crippen LogP contribution in [0.4, 0.5) is 0 Å². The minimum absolute atomic E-state index is 0.205. The molecule has 1 aliphatic rings. The van der Waals surface area contributed by atoms with Crippen molar-refractivity contribution in [2.45, 2.75) is 64.8 Å². The van der Waals surface area contributed by atoms with Gasteiger partial charge in [-0.2, -0.15) is 0 Å². The SMILES string of the molecule is CCCCCCCC(=O)CC1N=C(c2ccc(Cl)cc2)c2cc(OC)ccc2-n2c(C)nnc21. The van der Waals surface area contributed by atoms with Crippen LogP contribution in [0.1, 0.15) is 80.7 Å². The maximum atomic E-state index is 13.0. The fraction of sp³-hybridized carbons (Fsp3) is 0.407. The molecule has 1 aliphatic heterocycles. The molecule has 0 N–H and O–H groups in total. The average Bonchev–Trinajstić information content (AvgIpc) is 3.16. The number of ketones is 1. The monoisotopic (exact) mass is 478 g/mol. The molecule has 0 spiro atoms. The molecule has 1 aromatic heterocycles. The van der Waals surface area contributed by atoms with Crippen molar-refractivity contribution in [3.63, 3.8) is 0 Å². The number of fused-ring (bicyclic) bond motifs is 3. The number of rotatable bonds is 10. The molecule has 2 heterocycles. The zero-order valence-corrected chi connectivity index (χ0v) is 20.8. The van der Waals surface area contributed by atoms with Crippen molar-refractivity contribution in [2.24, 2.45) is 4.99 Å². The van der Waals surface area contributed by atoms with Crippen molar-refractivity contribution >= 4 is 23.1 Å². The van der Waals surface area contributed by atoms with Gasteiger partial charge in [0, 0.05) is 29.0 Å². The van der Waals surface area contributed by atoms with Crippen LogP contribution in [0.3, 0.4) is 0 Å². The lowest BCUT2D eigenvalue weighted by atomic mass is 9.99. The third-order valence-electron chi connectivity index (χ3n) is 6.23. The molecule has 0 saturated heterocycles. The first-order chi connectivity index (χ1) is 16.5. The van der Waals surface area contributed by atoms with E-state index in [1.807, 2.05) is 54.0 Å². The Hall–Kier alpha value is -2.99. The zero-order valence-electron chi connectivity index (χ0n) is 20.1. The number of hydrogen-bond acceptors (Lipinski definition) is 5. The lowest BCUT2D eigenvalue weighted by Gasteiger charge is -2.14. The van der Waals surface area contributed by atoms with Crippen molar-refractivity contribution in [1.29, 1.82) is 0 Å². The van der Waals surface area contributed by atoms with Gasteiger partial charge in [0.05, 0.1) is 18.5 Å². The van der Waals surface area contributed by atoms with E-state index in [-0.39, 0.29) is 5.78 Å². The number of hydrogen-bond donors (Lipinski definition) is 0. The van der Waals surface area contributed by atoms with E-state index in [1.165, 1.54) is 19.3 Å². The smallest absolute Gasteiger partial charge is 0.162 e. The van der Waals surface area contributed by atoms with Crippen LogP contribution < -0.4 is 4.74 Å². The summed E-state index contributed by atoms with van der Waals surface area (Å²) in [6, 6.07) is 13.1. The molecule has 178 valence electrons. The Balaban J connectivity index is 1.74. The molecule has 0 aliphatic carbocycles. The number of benzene rings is 2. The Morgan fingerprint density at radius 1 is 1.06 bits per heavy atom. The molecule has 7 heteroatoms. The number of aromatic nitrogens is 3. The van der Waals surface area contributed by atoms with Gasteiger partial charge in [0.2, 0.25) is 0 Å². The Morgan fingerprint density at radius 3 is 2.56 bits per heavy atom. The van der Waals surface area contributed by atoms with Gasteiger partial charge in [-0.05, 0) is 43.7 Å². The first-order valence-corrected chi connectivity index (χ1v) is 12.4. The van der Waals surface area contributed by atoms with Crippen LogP contribution in [0.15, 0.2) is 47.5 Å². The van der Waals surface area contributed by atoms with E-state index in [0.717, 1.165) is 46.9 Å². The maximum absolute atomic E-state index is 13.0. The summed E-state index contributed by atoms with van der Waals surface area (Å²) in [7, 11) is 1.65. The Kier molecular flexibility index (Phi) is 7.78. The second-order valence-electron chi connectivity index (χ2n) is 8.73. The molecule has 3 aromatic rings. The minimum Gasteiger partial charge on any atom is -0.497 e. The van der Waals surface area contributed by atoms with Crippen molar-refractivity contribution in [3.05, 3.63) is 70.3 Å². The third-order valence-corrected chi connectivity index (χ3v) is 6.48. The minimum atomic E-state index is -0.423. The number of carbonyl (C=O) groups is 1. The molecule has 6 nitrogen and oxygen atoms in total. The largest absolute Gasteiger partial charge is 0.497 e. The topological polar surface area (TPSA) is 69.4 Å². The summed E-state index contributed by atoms with van der Waals surface area (Å²) in [5.41, 5.74) is 3.53. The van der Waals surface area contributed by atoms with Gasteiger partial charge in [-0.25, -0.2) is 0 Å². The molecule has 0 radical (unpaired) electrons. The van der Waals surface area contributed by atoms with Crippen LogP contribution in [-0.2, 0) is 4.79 Å². The van der Waals surface area contributed by atoms with Gasteiger partial charge in [-0.15, -0.1) is 10.2 Å². The molecular formula is C27H31ClN4O2. The molecule has 1 atom stereocenters. The molecule has 1 unspecified atom stereocenters. The van der Waals surface area contributed by atoms with E-state index in [0.29, 0.717) is 23.7 Å². The van der Waals surface area contributed by atoms with Crippen molar-refractivity contribution in [1.82, 2.24) is 14.8 Å². The van der Waals surface area contributed by atoms with E-state index < -0.39 is 6.04 Å². The first-order valence-electron chi connectivity index (χ1n) is 12.0. The van der Waals surface area contributed by atoms with E-state index in [2.05, 4.69) is 17.1 Å². The molecule has 0 fully saturated rings. The number of Topliss-reactive ketones (excluding diaryl/α,β-unsaturated/α-hetero) is 1. The molecule has 4 rings (SSSR count). The molecule has 34 heavy (non-hydrogen) atoms. The second-order valence-corrected chi connectivity index (χ2v) is 9.17. The standard InChI is InChI=1S/C27H31ClN4O2/c1-4-5-6-7-8-9-21(33)16-24-27-31-30-18(2)32(27)25-15-14-22(34-3)17-23(25)26(29-24)19-10-12-20(28)13-11-19/h10-15,17,24H,4-9,16H2,1-3H3. The highest BCUT2D eigenvalue weighted by atomic mass is 35.5. The number of ether oxygens (including phenoxy) is 1. The number of aryl methyl sites for hydroxylation is 1. The summed E-state index contributed by atoms with van der Waals surface area (Å²) < 4.78 is 7.53. The Bertz CT molecular complexity index is 1180. The van der Waals surface area contributed by atoms with E-state index in [1.54, 1.807) is 7.11 Å². The second kappa shape index (κ2) is 11.0. The molecule has 2 aromatic carbocycles. The van der Waals surface area contributed by atoms with E-state index >= 15 is 0 Å². The molecular weight excluding hydrogens is 448 g/mol. The summed E-state index contributed by atoms with van der Waals surface area (Å²) in [6.07, 6.45) is 6.46. The predicted octanol–water partition coefficient (Wildman–Crippen LogP) is 6.45. The zero-order chi connectivity index (χ0) is 24.1. The average molecular weight is 479 g/mol. The van der Waals surface area contributed by atoms with Gasteiger partial charge in [-0.3, -0.25) is 14.4 Å². The summed E-state index contributed by atoms with van der Waals surface area (Å²) in [5, 5.41) is 9.44. The van der Waals surface area contributed by atoms with Crippen LogP contribution in [0, 0.1) is 6.92 Å². The third kappa shape index (κ3) is 5.22. The summed E-state index contributed by atoms with van der Waals surface area (Å²) in [5.74, 6) is 2.38. The van der Waals surface area contributed by atoms with Gasteiger partial charge in [0.15, 0.2) is 5.82 Å². The highest BCUT2D eigenvalue weighted by Gasteiger charge is 2.29. The number of unbranched alkanes of at least 4 members (excludes halogenated alkanes) is 4. The van der Waals surface area contributed by atoms with E-state index in [4.69, 9.17) is 21.3 Å². The fourth-order valence-corrected chi connectivity index (χ4v) is 4.55. The number of nitrogens with zero attached hydrogens (tertiary/aromatic N) is 4. The fourth-order valence-electron chi connectivity index (χ4n) is 4.42. The van der Waals surface area contributed by atoms with Gasteiger partial charge in [0.1, 0.15) is 23.4 Å². The first kappa shape index (κ1) is 24.1. The quantitative estimate of drug-likeness (QED) is 0.314. The number of halogens is 1. The van der Waals surface area contributed by atoms with E-state index in [9.17, 15) is 4.79 Å². The van der Waals surface area contributed by atoms with Crippen molar-refractivity contribution in [2.75, 3.05) is 7.11 Å². The maximum Gasteiger partial charge on any atom is 0.162 e. The van der Waals surface area contributed by atoms with Gasteiger partial charge >= 0.3 is 0 Å². The summed E-state index contributed by atoms with van der Waals surface area (Å²) in [4.78, 5) is 18.1. The van der Waals surface area contributed by atoms with Crippen LogP contribution in [0.5, 0.6) is 5.75 Å². The number of methoxy groups -OCH3 is 1. The van der Waals surface area contributed by atoms with Crippen LogP contribution in [0.25, 0.3) is 5.69 Å². The van der Waals surface area contributed by atoms with Crippen LogP contribution in [-0.4, -0.2) is 33.4 Å². The molecule has 0 saturated carbocycles. The summed E-state index contributed by atoms with van der Waals surface area (Å²) >= 11 is 6.16. The molecule has 0 bridgehead atoms. The van der Waals surface area contributed by atoms with Gasteiger partial charge in [0.25, 0.3) is 0 Å². The van der Waals surface area contributed by atoms with Crippen LogP contribution in [0.2, 0.25) is 5.02 Å².